The molecular weight excluding hydrogens is 352 g/mol. The number of aryl methyl sites for hydroxylation is 3. The van der Waals surface area contributed by atoms with Crippen LogP contribution in [0, 0.1) is 6.92 Å². The van der Waals surface area contributed by atoms with Gasteiger partial charge in [-0.2, -0.15) is 9.36 Å². The molecule has 9 heteroatoms. The fourth-order valence-corrected chi connectivity index (χ4v) is 3.76. The van der Waals surface area contributed by atoms with E-state index in [1.54, 1.807) is 0 Å². The molecule has 0 unspecified atom stereocenters. The fourth-order valence-electron chi connectivity index (χ4n) is 3.04. The molecular formula is C17H26N6O2S. The lowest BCUT2D eigenvalue weighted by molar-refractivity contribution is -0.131. The minimum absolute atomic E-state index is 0.202. The number of carbonyl (C=O) groups excluding carboxylic acids is 1. The van der Waals surface area contributed by atoms with Gasteiger partial charge >= 0.3 is 0 Å². The van der Waals surface area contributed by atoms with Crippen molar-refractivity contribution in [3.63, 3.8) is 0 Å². The lowest BCUT2D eigenvalue weighted by Gasteiger charge is -2.21. The van der Waals surface area contributed by atoms with Gasteiger partial charge in [-0.05, 0) is 26.2 Å². The molecule has 0 atom stereocenters. The second kappa shape index (κ2) is 9.07. The van der Waals surface area contributed by atoms with E-state index in [0.29, 0.717) is 18.7 Å². The summed E-state index contributed by atoms with van der Waals surface area (Å²) in [5.74, 6) is 2.40. The van der Waals surface area contributed by atoms with E-state index in [2.05, 4.69) is 31.3 Å². The second-order valence-corrected chi connectivity index (χ2v) is 7.28. The van der Waals surface area contributed by atoms with E-state index in [4.69, 9.17) is 4.52 Å². The lowest BCUT2D eigenvalue weighted by atomic mass is 10.2. The van der Waals surface area contributed by atoms with Crippen molar-refractivity contribution in [2.24, 2.45) is 0 Å². The van der Waals surface area contributed by atoms with E-state index < -0.39 is 0 Å². The maximum Gasteiger partial charge on any atom is 0.226 e. The number of hydrogen-bond acceptors (Lipinski definition) is 8. The SMILES string of the molecule is CCCc1noc(CCCC(=O)N2CCCN(c3nc(C)ns3)CC2)n1. The molecule has 1 aliphatic heterocycles. The summed E-state index contributed by atoms with van der Waals surface area (Å²) in [5, 5.41) is 4.90. The zero-order valence-corrected chi connectivity index (χ0v) is 16.3. The van der Waals surface area contributed by atoms with Crippen molar-refractivity contribution < 1.29 is 9.32 Å². The van der Waals surface area contributed by atoms with Gasteiger partial charge in [-0.15, -0.1) is 0 Å². The Bertz CT molecular complexity index is 716. The van der Waals surface area contributed by atoms with Crippen molar-refractivity contribution in [1.29, 1.82) is 0 Å². The molecule has 3 heterocycles. The van der Waals surface area contributed by atoms with Gasteiger partial charge in [-0.1, -0.05) is 12.1 Å². The molecule has 0 N–H and O–H groups in total. The lowest BCUT2D eigenvalue weighted by Crippen LogP contribution is -2.35. The largest absolute Gasteiger partial charge is 0.345 e. The van der Waals surface area contributed by atoms with Crippen LogP contribution in [0.2, 0.25) is 0 Å². The molecule has 0 saturated carbocycles. The van der Waals surface area contributed by atoms with Gasteiger partial charge < -0.3 is 14.3 Å². The highest BCUT2D eigenvalue weighted by molar-refractivity contribution is 7.09. The second-order valence-electron chi connectivity index (χ2n) is 6.55. The highest BCUT2D eigenvalue weighted by Crippen LogP contribution is 2.19. The first-order chi connectivity index (χ1) is 12.7. The predicted molar refractivity (Wildman–Crippen MR) is 99.3 cm³/mol. The maximum atomic E-state index is 12.5. The summed E-state index contributed by atoms with van der Waals surface area (Å²) in [7, 11) is 0. The van der Waals surface area contributed by atoms with Crippen molar-refractivity contribution in [1.82, 2.24) is 24.4 Å². The molecule has 0 spiro atoms. The van der Waals surface area contributed by atoms with Gasteiger partial charge in [0.25, 0.3) is 0 Å². The monoisotopic (exact) mass is 378 g/mol. The van der Waals surface area contributed by atoms with Crippen LogP contribution in [0.5, 0.6) is 0 Å². The summed E-state index contributed by atoms with van der Waals surface area (Å²) >= 11 is 1.43. The molecule has 0 aliphatic carbocycles. The highest BCUT2D eigenvalue weighted by atomic mass is 32.1. The first kappa shape index (κ1) is 18.8. The summed E-state index contributed by atoms with van der Waals surface area (Å²) in [6.07, 6.45) is 4.70. The quantitative estimate of drug-likeness (QED) is 0.730. The highest BCUT2D eigenvalue weighted by Gasteiger charge is 2.21. The van der Waals surface area contributed by atoms with Crippen LogP contribution < -0.4 is 4.90 Å². The van der Waals surface area contributed by atoms with Gasteiger partial charge in [0, 0.05) is 57.0 Å². The Hall–Kier alpha value is -2.03. The molecule has 8 nitrogen and oxygen atoms in total. The van der Waals surface area contributed by atoms with Crippen LogP contribution in [0.4, 0.5) is 5.13 Å². The van der Waals surface area contributed by atoms with Crippen LogP contribution in [0.25, 0.3) is 0 Å². The van der Waals surface area contributed by atoms with Crippen LogP contribution in [0.15, 0.2) is 4.52 Å². The van der Waals surface area contributed by atoms with Gasteiger partial charge in [0.2, 0.25) is 16.9 Å². The number of anilines is 1. The average Bonchev–Trinajstić information content (AvgIpc) is 3.17. The smallest absolute Gasteiger partial charge is 0.226 e. The summed E-state index contributed by atoms with van der Waals surface area (Å²) in [6, 6.07) is 0. The van der Waals surface area contributed by atoms with Gasteiger partial charge in [-0.25, -0.2) is 4.98 Å². The number of carbonyl (C=O) groups is 1. The van der Waals surface area contributed by atoms with E-state index in [1.165, 1.54) is 11.5 Å². The van der Waals surface area contributed by atoms with Crippen LogP contribution in [-0.2, 0) is 17.6 Å². The van der Waals surface area contributed by atoms with Crippen molar-refractivity contribution in [2.75, 3.05) is 31.1 Å². The minimum Gasteiger partial charge on any atom is -0.345 e. The summed E-state index contributed by atoms with van der Waals surface area (Å²) in [6.45, 7) is 7.25. The van der Waals surface area contributed by atoms with E-state index >= 15 is 0 Å². The number of nitrogens with zero attached hydrogens (tertiary/aromatic N) is 6. The third-order valence-electron chi connectivity index (χ3n) is 4.40. The molecule has 26 heavy (non-hydrogen) atoms. The van der Waals surface area contributed by atoms with Crippen molar-refractivity contribution in [3.05, 3.63) is 17.5 Å². The molecule has 0 bridgehead atoms. The summed E-state index contributed by atoms with van der Waals surface area (Å²) in [5.41, 5.74) is 0. The van der Waals surface area contributed by atoms with Crippen LogP contribution in [-0.4, -0.2) is 56.5 Å². The first-order valence-corrected chi connectivity index (χ1v) is 10.1. The van der Waals surface area contributed by atoms with Gasteiger partial charge in [0.15, 0.2) is 5.82 Å². The molecule has 1 aliphatic rings. The van der Waals surface area contributed by atoms with Crippen LogP contribution >= 0.6 is 11.5 Å². The van der Waals surface area contributed by atoms with Crippen LogP contribution in [0.1, 0.15) is 50.1 Å². The molecule has 2 aromatic heterocycles. The molecule has 0 aromatic carbocycles. The maximum absolute atomic E-state index is 12.5. The number of hydrogen-bond donors (Lipinski definition) is 0. The van der Waals surface area contributed by atoms with E-state index in [9.17, 15) is 4.79 Å². The predicted octanol–water partition coefficient (Wildman–Crippen LogP) is 2.24. The zero-order chi connectivity index (χ0) is 18.4. The zero-order valence-electron chi connectivity index (χ0n) is 15.5. The molecule has 3 rings (SSSR count). The van der Waals surface area contributed by atoms with Crippen LogP contribution in [0.3, 0.4) is 0 Å². The Kier molecular flexibility index (Phi) is 6.54. The van der Waals surface area contributed by atoms with Crippen molar-refractivity contribution in [2.45, 2.75) is 52.4 Å². The number of rotatable bonds is 7. The summed E-state index contributed by atoms with van der Waals surface area (Å²) < 4.78 is 9.47. The minimum atomic E-state index is 0.202. The normalized spacial score (nSPS) is 15.3. The fraction of sp³-hybridized carbons (Fsp3) is 0.706. The van der Waals surface area contributed by atoms with E-state index in [-0.39, 0.29) is 5.91 Å². The molecule has 1 amide bonds. The number of aromatic nitrogens is 4. The Morgan fingerprint density at radius 2 is 2.08 bits per heavy atom. The number of amides is 1. The Morgan fingerprint density at radius 3 is 2.85 bits per heavy atom. The third-order valence-corrected chi connectivity index (χ3v) is 5.27. The molecule has 142 valence electrons. The Balaban J connectivity index is 1.43. The Morgan fingerprint density at radius 1 is 1.19 bits per heavy atom. The Labute approximate surface area is 157 Å². The molecule has 1 saturated heterocycles. The topological polar surface area (TPSA) is 88.3 Å². The van der Waals surface area contributed by atoms with Crippen molar-refractivity contribution >= 4 is 22.6 Å². The van der Waals surface area contributed by atoms with Gasteiger partial charge in [0.05, 0.1) is 0 Å². The van der Waals surface area contributed by atoms with Gasteiger partial charge in [0.1, 0.15) is 5.82 Å². The summed E-state index contributed by atoms with van der Waals surface area (Å²) in [4.78, 5) is 25.5. The molecule has 0 radical (unpaired) electrons. The average molecular weight is 379 g/mol. The van der Waals surface area contributed by atoms with E-state index in [0.717, 1.165) is 68.6 Å². The standard InChI is InChI=1S/C17H26N6O2S/c1-3-6-14-19-15(25-20-14)7-4-8-16(24)22-9-5-10-23(12-11-22)17-18-13(2)21-26-17/h3-12H2,1-2H3. The van der Waals surface area contributed by atoms with Gasteiger partial charge in [-0.3, -0.25) is 4.79 Å². The third kappa shape index (κ3) is 5.00. The van der Waals surface area contributed by atoms with Crippen molar-refractivity contribution in [3.8, 4) is 0 Å². The molecule has 2 aromatic rings. The molecule has 1 fully saturated rings. The first-order valence-electron chi connectivity index (χ1n) is 9.30. The van der Waals surface area contributed by atoms with E-state index in [1.807, 2.05) is 11.8 Å².